The average Bonchev–Trinajstić information content (AvgIpc) is 3.11. The number of aliphatic carboxylic acids is 1. The van der Waals surface area contributed by atoms with Crippen molar-refractivity contribution in [1.29, 1.82) is 0 Å². The highest BCUT2D eigenvalue weighted by atomic mass is 16.4. The molecule has 0 aliphatic carbocycles. The number of carboxylic acids is 1. The van der Waals surface area contributed by atoms with Crippen LogP contribution < -0.4 is 5.32 Å². The zero-order chi connectivity index (χ0) is 13.4. The topological polar surface area (TPSA) is 69.6 Å². The van der Waals surface area contributed by atoms with E-state index >= 15 is 0 Å². The molecule has 0 saturated carbocycles. The molecule has 19 heavy (non-hydrogen) atoms. The lowest BCUT2D eigenvalue weighted by molar-refractivity contribution is -0.137. The molecule has 2 bridgehead atoms. The number of hydrogen-bond donors (Lipinski definition) is 2. The van der Waals surface area contributed by atoms with Gasteiger partial charge < -0.3 is 15.3 Å². The minimum Gasteiger partial charge on any atom is -0.481 e. The van der Waals surface area contributed by atoms with Crippen molar-refractivity contribution in [3.8, 4) is 0 Å². The van der Waals surface area contributed by atoms with Crippen molar-refractivity contribution in [3.05, 3.63) is 0 Å². The van der Waals surface area contributed by atoms with Crippen LogP contribution >= 0.6 is 0 Å². The van der Waals surface area contributed by atoms with Gasteiger partial charge >= 0.3 is 5.97 Å². The van der Waals surface area contributed by atoms with Crippen LogP contribution in [-0.2, 0) is 9.59 Å². The number of rotatable bonds is 4. The molecule has 3 aliphatic heterocycles. The van der Waals surface area contributed by atoms with Gasteiger partial charge in [0.1, 0.15) is 0 Å². The summed E-state index contributed by atoms with van der Waals surface area (Å²) >= 11 is 0. The van der Waals surface area contributed by atoms with Gasteiger partial charge in [0, 0.05) is 31.6 Å². The highest BCUT2D eigenvalue weighted by Crippen LogP contribution is 2.35. The van der Waals surface area contributed by atoms with E-state index in [2.05, 4.69) is 5.32 Å². The van der Waals surface area contributed by atoms with Gasteiger partial charge in [-0.1, -0.05) is 0 Å². The van der Waals surface area contributed by atoms with E-state index < -0.39 is 5.97 Å². The SMILES string of the molecule is O=C(O)CCC1CCN(C(=O)C2CC3CCC2N3)C1. The Kier molecular flexibility index (Phi) is 3.48. The number of amides is 1. The summed E-state index contributed by atoms with van der Waals surface area (Å²) in [7, 11) is 0. The predicted molar refractivity (Wildman–Crippen MR) is 69.6 cm³/mol. The first-order valence-corrected chi connectivity index (χ1v) is 7.40. The lowest BCUT2D eigenvalue weighted by Gasteiger charge is -2.25. The van der Waals surface area contributed by atoms with Crippen molar-refractivity contribution < 1.29 is 14.7 Å². The molecule has 5 nitrogen and oxygen atoms in total. The van der Waals surface area contributed by atoms with Gasteiger partial charge in [0.05, 0.1) is 5.92 Å². The normalized spacial score (nSPS) is 36.9. The molecular formula is C14H22N2O3. The summed E-state index contributed by atoms with van der Waals surface area (Å²) in [4.78, 5) is 25.0. The van der Waals surface area contributed by atoms with Crippen LogP contribution in [0.15, 0.2) is 0 Å². The number of fused-ring (bicyclic) bond motifs is 2. The zero-order valence-electron chi connectivity index (χ0n) is 11.2. The lowest BCUT2D eigenvalue weighted by Crippen LogP contribution is -2.39. The van der Waals surface area contributed by atoms with E-state index in [0.29, 0.717) is 30.3 Å². The molecule has 0 aromatic rings. The minimum absolute atomic E-state index is 0.178. The molecule has 3 saturated heterocycles. The Morgan fingerprint density at radius 2 is 2.11 bits per heavy atom. The Labute approximate surface area is 113 Å². The van der Waals surface area contributed by atoms with Crippen molar-refractivity contribution in [2.45, 2.75) is 50.6 Å². The van der Waals surface area contributed by atoms with E-state index in [4.69, 9.17) is 5.11 Å². The maximum absolute atomic E-state index is 12.5. The van der Waals surface area contributed by atoms with Crippen LogP contribution in [-0.4, -0.2) is 47.1 Å². The molecule has 106 valence electrons. The fourth-order valence-corrected chi connectivity index (χ4v) is 3.93. The first-order valence-electron chi connectivity index (χ1n) is 7.40. The Hall–Kier alpha value is -1.10. The van der Waals surface area contributed by atoms with Crippen molar-refractivity contribution in [2.75, 3.05) is 13.1 Å². The predicted octanol–water partition coefficient (Wildman–Crippen LogP) is 0.840. The Morgan fingerprint density at radius 1 is 1.26 bits per heavy atom. The van der Waals surface area contributed by atoms with Crippen LogP contribution in [0.25, 0.3) is 0 Å². The van der Waals surface area contributed by atoms with E-state index in [1.54, 1.807) is 0 Å². The van der Waals surface area contributed by atoms with Crippen LogP contribution in [0.1, 0.15) is 38.5 Å². The molecule has 1 amide bonds. The Balaban J connectivity index is 1.50. The van der Waals surface area contributed by atoms with Gasteiger partial charge in [-0.3, -0.25) is 9.59 Å². The largest absolute Gasteiger partial charge is 0.481 e. The molecule has 0 radical (unpaired) electrons. The number of carbonyl (C=O) groups is 2. The molecule has 5 heteroatoms. The summed E-state index contributed by atoms with van der Waals surface area (Å²) in [5, 5.41) is 12.2. The van der Waals surface area contributed by atoms with Gasteiger partial charge in [-0.05, 0) is 38.0 Å². The molecular weight excluding hydrogens is 244 g/mol. The van der Waals surface area contributed by atoms with Gasteiger partial charge in [-0.25, -0.2) is 0 Å². The molecule has 0 aromatic heterocycles. The number of nitrogens with zero attached hydrogens (tertiary/aromatic N) is 1. The van der Waals surface area contributed by atoms with E-state index in [-0.39, 0.29) is 12.3 Å². The Morgan fingerprint density at radius 3 is 2.74 bits per heavy atom. The van der Waals surface area contributed by atoms with Gasteiger partial charge in [0.25, 0.3) is 0 Å². The third kappa shape index (κ3) is 2.61. The second kappa shape index (κ2) is 5.12. The molecule has 3 rings (SSSR count). The lowest BCUT2D eigenvalue weighted by atomic mass is 9.88. The minimum atomic E-state index is -0.734. The molecule has 3 heterocycles. The van der Waals surface area contributed by atoms with Gasteiger partial charge in [-0.15, -0.1) is 0 Å². The first-order chi connectivity index (χ1) is 9.13. The molecule has 3 aliphatic rings. The molecule has 4 atom stereocenters. The summed E-state index contributed by atoms with van der Waals surface area (Å²) < 4.78 is 0. The van der Waals surface area contributed by atoms with E-state index in [1.807, 2.05) is 4.90 Å². The highest BCUT2D eigenvalue weighted by molar-refractivity contribution is 5.80. The van der Waals surface area contributed by atoms with Gasteiger partial charge in [0.15, 0.2) is 0 Å². The third-order valence-corrected chi connectivity index (χ3v) is 4.98. The van der Waals surface area contributed by atoms with Crippen LogP contribution in [0.4, 0.5) is 0 Å². The second-order valence-corrected chi connectivity index (χ2v) is 6.26. The van der Waals surface area contributed by atoms with Crippen molar-refractivity contribution in [2.24, 2.45) is 11.8 Å². The summed E-state index contributed by atoms with van der Waals surface area (Å²) in [6.07, 6.45) is 5.25. The summed E-state index contributed by atoms with van der Waals surface area (Å²) in [5.41, 5.74) is 0. The molecule has 0 aromatic carbocycles. The van der Waals surface area contributed by atoms with Gasteiger partial charge in [-0.2, -0.15) is 0 Å². The van der Waals surface area contributed by atoms with Crippen LogP contribution in [0, 0.1) is 11.8 Å². The van der Waals surface area contributed by atoms with Gasteiger partial charge in [0.2, 0.25) is 5.91 Å². The summed E-state index contributed by atoms with van der Waals surface area (Å²) in [5.74, 6) is 0.128. The average molecular weight is 266 g/mol. The molecule has 2 N–H and O–H groups in total. The first kappa shape index (κ1) is 12.9. The summed E-state index contributed by atoms with van der Waals surface area (Å²) in [6.45, 7) is 1.58. The van der Waals surface area contributed by atoms with Crippen LogP contribution in [0.3, 0.4) is 0 Å². The number of hydrogen-bond acceptors (Lipinski definition) is 3. The third-order valence-electron chi connectivity index (χ3n) is 4.98. The zero-order valence-corrected chi connectivity index (χ0v) is 11.2. The van der Waals surface area contributed by atoms with Crippen molar-refractivity contribution in [3.63, 3.8) is 0 Å². The second-order valence-electron chi connectivity index (χ2n) is 6.26. The van der Waals surface area contributed by atoms with Crippen LogP contribution in [0.5, 0.6) is 0 Å². The van der Waals surface area contributed by atoms with E-state index in [0.717, 1.165) is 32.4 Å². The molecule has 3 fully saturated rings. The van der Waals surface area contributed by atoms with E-state index in [1.165, 1.54) is 6.42 Å². The number of carbonyl (C=O) groups excluding carboxylic acids is 1. The number of nitrogens with one attached hydrogen (secondary N) is 1. The summed E-state index contributed by atoms with van der Waals surface area (Å²) in [6, 6.07) is 0.958. The number of carboxylic acid groups (broad SMARTS) is 1. The maximum atomic E-state index is 12.5. The highest BCUT2D eigenvalue weighted by Gasteiger charge is 2.44. The smallest absolute Gasteiger partial charge is 0.303 e. The molecule has 4 unspecified atom stereocenters. The molecule has 0 spiro atoms. The standard InChI is InChI=1S/C14H22N2O3/c17-13(18)4-1-9-5-6-16(8-9)14(19)11-7-10-2-3-12(11)15-10/h9-12,15H,1-8H2,(H,17,18). The fourth-order valence-electron chi connectivity index (χ4n) is 3.93. The fraction of sp³-hybridized carbons (Fsp3) is 0.857. The van der Waals surface area contributed by atoms with Crippen molar-refractivity contribution in [1.82, 2.24) is 10.2 Å². The van der Waals surface area contributed by atoms with Crippen molar-refractivity contribution >= 4 is 11.9 Å². The number of likely N-dealkylation sites (tertiary alicyclic amines) is 1. The quantitative estimate of drug-likeness (QED) is 0.791. The maximum Gasteiger partial charge on any atom is 0.303 e. The monoisotopic (exact) mass is 266 g/mol. The van der Waals surface area contributed by atoms with Crippen LogP contribution in [0.2, 0.25) is 0 Å². The van der Waals surface area contributed by atoms with E-state index in [9.17, 15) is 9.59 Å². The Bertz CT molecular complexity index is 385.